The Labute approximate surface area is 217 Å². The van der Waals surface area contributed by atoms with E-state index in [1.54, 1.807) is 6.07 Å². The van der Waals surface area contributed by atoms with Gasteiger partial charge in [0.05, 0.1) is 29.8 Å². The molecule has 2 heterocycles. The Kier molecular flexibility index (Phi) is 8.01. The normalized spacial score (nSPS) is 17.0. The van der Waals surface area contributed by atoms with E-state index >= 15 is 0 Å². The summed E-state index contributed by atoms with van der Waals surface area (Å²) in [4.78, 5) is 13.8. The van der Waals surface area contributed by atoms with Crippen molar-refractivity contribution in [3.05, 3.63) is 81.9 Å². The zero-order valence-electron chi connectivity index (χ0n) is 19.8. The molecular weight excluding hydrogens is 496 g/mol. The minimum Gasteiger partial charge on any atom is -0.456 e. The van der Waals surface area contributed by atoms with Crippen molar-refractivity contribution in [2.45, 2.75) is 6.10 Å². The lowest BCUT2D eigenvalue weighted by atomic mass is 9.97. The molecule has 1 aliphatic rings. The average molecular weight is 525 g/mol. The maximum atomic E-state index is 11.9. The van der Waals surface area contributed by atoms with Crippen LogP contribution in [0.2, 0.25) is 0 Å². The molecule has 1 fully saturated rings. The summed E-state index contributed by atoms with van der Waals surface area (Å²) in [6, 6.07) is 18.3. The van der Waals surface area contributed by atoms with Crippen molar-refractivity contribution in [1.29, 1.82) is 0 Å². The van der Waals surface area contributed by atoms with Crippen LogP contribution in [0, 0.1) is 10.1 Å². The fourth-order valence-corrected chi connectivity index (χ4v) is 6.04. The second-order valence-corrected chi connectivity index (χ2v) is 11.0. The molecule has 1 aromatic heterocycles. The van der Waals surface area contributed by atoms with Crippen molar-refractivity contribution in [2.75, 3.05) is 54.2 Å². The zero-order valence-corrected chi connectivity index (χ0v) is 21.4. The average Bonchev–Trinajstić information content (AvgIpc) is 3.26. The van der Waals surface area contributed by atoms with Crippen LogP contribution in [0.3, 0.4) is 0 Å². The molecule has 0 spiro atoms. The monoisotopic (exact) mass is 524 g/mol. The number of fused-ring (bicyclic) bond motifs is 3. The number of para-hydroxylation sites is 1. The van der Waals surface area contributed by atoms with Crippen LogP contribution in [0.4, 0.5) is 11.4 Å². The largest absolute Gasteiger partial charge is 0.456 e. The topological polar surface area (TPSA) is 89.0 Å². The zero-order chi connectivity index (χ0) is 24.9. The molecule has 36 heavy (non-hydrogen) atoms. The van der Waals surface area contributed by atoms with Crippen molar-refractivity contribution in [3.8, 4) is 0 Å². The van der Waals surface area contributed by atoms with Gasteiger partial charge in [-0.2, -0.15) is 23.5 Å². The van der Waals surface area contributed by atoms with Gasteiger partial charge in [0.25, 0.3) is 5.69 Å². The van der Waals surface area contributed by atoms with E-state index < -0.39 is 11.0 Å². The lowest BCUT2D eigenvalue weighted by Crippen LogP contribution is -2.29. The van der Waals surface area contributed by atoms with E-state index in [0.717, 1.165) is 65.8 Å². The Morgan fingerprint density at radius 3 is 2.28 bits per heavy atom. The molecule has 0 aliphatic carbocycles. The first-order chi connectivity index (χ1) is 17.6. The summed E-state index contributed by atoms with van der Waals surface area (Å²) in [6.07, 6.45) is -1.13. The van der Waals surface area contributed by atoms with Crippen molar-refractivity contribution >= 4 is 56.8 Å². The van der Waals surface area contributed by atoms with Crippen LogP contribution in [-0.2, 0) is 4.74 Å². The second-order valence-electron chi connectivity index (χ2n) is 8.58. The Hall–Kier alpha value is -2.72. The van der Waals surface area contributed by atoms with Gasteiger partial charge in [0.15, 0.2) is 0 Å². The molecule has 9 heteroatoms. The van der Waals surface area contributed by atoms with Crippen LogP contribution in [0.5, 0.6) is 0 Å². The summed E-state index contributed by atoms with van der Waals surface area (Å²) in [5.41, 5.74) is 2.90. The molecule has 0 radical (unpaired) electrons. The first-order valence-corrected chi connectivity index (χ1v) is 14.3. The predicted molar refractivity (Wildman–Crippen MR) is 149 cm³/mol. The van der Waals surface area contributed by atoms with E-state index in [4.69, 9.17) is 9.15 Å². The molecule has 0 amide bonds. The molecule has 1 atom stereocenters. The van der Waals surface area contributed by atoms with Crippen molar-refractivity contribution in [2.24, 2.45) is 0 Å². The molecule has 0 bridgehead atoms. The number of furan rings is 1. The summed E-state index contributed by atoms with van der Waals surface area (Å²) in [7, 11) is 0. The molecule has 5 rings (SSSR count). The summed E-state index contributed by atoms with van der Waals surface area (Å²) in [5, 5.41) is 24.7. The molecule has 1 aliphatic heterocycles. The lowest BCUT2D eigenvalue weighted by Gasteiger charge is -2.25. The number of anilines is 1. The van der Waals surface area contributed by atoms with E-state index in [1.165, 1.54) is 6.07 Å². The maximum absolute atomic E-state index is 11.9. The molecule has 188 valence electrons. The molecule has 1 saturated heterocycles. The highest BCUT2D eigenvalue weighted by atomic mass is 32.2. The predicted octanol–water partition coefficient (Wildman–Crippen LogP) is 5.88. The SMILES string of the molecule is O=[N+]([O-])c1cc2oc3ccccc3c2cc1C(O)c1ccc(N2CCSCCOCCSCC2)cc1. The van der Waals surface area contributed by atoms with Gasteiger partial charge in [-0.25, -0.2) is 0 Å². The van der Waals surface area contributed by atoms with Crippen LogP contribution < -0.4 is 4.90 Å². The number of thioether (sulfide) groups is 2. The highest BCUT2D eigenvalue weighted by Gasteiger charge is 2.25. The van der Waals surface area contributed by atoms with Gasteiger partial charge in [-0.3, -0.25) is 10.1 Å². The molecule has 3 aromatic carbocycles. The Bertz CT molecular complexity index is 1330. The van der Waals surface area contributed by atoms with E-state index in [1.807, 2.05) is 72.1 Å². The third-order valence-electron chi connectivity index (χ3n) is 6.35. The van der Waals surface area contributed by atoms with Gasteiger partial charge in [-0.05, 0) is 29.8 Å². The molecular formula is C27H28N2O5S2. The van der Waals surface area contributed by atoms with Crippen molar-refractivity contribution < 1.29 is 19.2 Å². The third-order valence-corrected chi connectivity index (χ3v) is 8.20. The van der Waals surface area contributed by atoms with E-state index in [0.29, 0.717) is 16.7 Å². The highest BCUT2D eigenvalue weighted by Crippen LogP contribution is 2.38. The first-order valence-electron chi connectivity index (χ1n) is 12.0. The number of nitro groups is 1. The number of nitrogens with zero attached hydrogens (tertiary/aromatic N) is 2. The quantitative estimate of drug-likeness (QED) is 0.262. The number of aliphatic hydroxyl groups is 1. The van der Waals surface area contributed by atoms with Gasteiger partial charge in [0.2, 0.25) is 0 Å². The minimum absolute atomic E-state index is 0.153. The van der Waals surface area contributed by atoms with E-state index in [9.17, 15) is 15.2 Å². The molecule has 1 unspecified atom stereocenters. The maximum Gasteiger partial charge on any atom is 0.279 e. The van der Waals surface area contributed by atoms with Crippen LogP contribution >= 0.6 is 23.5 Å². The minimum atomic E-state index is -1.13. The lowest BCUT2D eigenvalue weighted by molar-refractivity contribution is -0.385. The van der Waals surface area contributed by atoms with E-state index in [2.05, 4.69) is 4.90 Å². The number of hydrogen-bond acceptors (Lipinski definition) is 8. The van der Waals surface area contributed by atoms with Gasteiger partial charge in [0, 0.05) is 52.6 Å². The van der Waals surface area contributed by atoms with Crippen LogP contribution in [0.25, 0.3) is 21.9 Å². The number of aliphatic hydroxyl groups excluding tert-OH is 1. The molecule has 4 aromatic rings. The smallest absolute Gasteiger partial charge is 0.279 e. The first kappa shape index (κ1) is 25.0. The second kappa shape index (κ2) is 11.6. The fraction of sp³-hybridized carbons (Fsp3) is 0.333. The van der Waals surface area contributed by atoms with Crippen LogP contribution in [0.1, 0.15) is 17.2 Å². The molecule has 7 nitrogen and oxygen atoms in total. The highest BCUT2D eigenvalue weighted by molar-refractivity contribution is 7.99. The van der Waals surface area contributed by atoms with Gasteiger partial charge in [-0.1, -0.05) is 30.3 Å². The van der Waals surface area contributed by atoms with Crippen molar-refractivity contribution in [1.82, 2.24) is 0 Å². The number of benzene rings is 3. The number of nitro benzene ring substituents is 1. The van der Waals surface area contributed by atoms with Gasteiger partial charge in [-0.15, -0.1) is 0 Å². The van der Waals surface area contributed by atoms with Gasteiger partial charge in [0.1, 0.15) is 17.3 Å². The fourth-order valence-electron chi connectivity index (χ4n) is 4.46. The Balaban J connectivity index is 1.41. The standard InChI is InChI=1S/C27H28N2O5S2/c30-27(23-17-22-21-3-1-2-4-25(21)34-26(22)18-24(23)29(31)32)19-5-7-20(8-6-19)28-9-13-35-15-11-33-12-16-36-14-10-28/h1-8,17-18,27,30H,9-16H2. The van der Waals surface area contributed by atoms with Crippen LogP contribution in [-0.4, -0.2) is 59.3 Å². The van der Waals surface area contributed by atoms with Gasteiger partial charge < -0.3 is 19.2 Å². The number of ether oxygens (including phenoxy) is 1. The molecule has 1 N–H and O–H groups in total. The number of hydrogen-bond donors (Lipinski definition) is 1. The summed E-state index contributed by atoms with van der Waals surface area (Å²) in [6.45, 7) is 3.46. The summed E-state index contributed by atoms with van der Waals surface area (Å²) < 4.78 is 11.4. The number of rotatable bonds is 4. The van der Waals surface area contributed by atoms with Crippen molar-refractivity contribution in [3.63, 3.8) is 0 Å². The van der Waals surface area contributed by atoms with E-state index in [-0.39, 0.29) is 11.3 Å². The Morgan fingerprint density at radius 2 is 1.58 bits per heavy atom. The summed E-state index contributed by atoms with van der Waals surface area (Å²) >= 11 is 3.79. The Morgan fingerprint density at radius 1 is 0.889 bits per heavy atom. The molecule has 0 saturated carbocycles. The summed E-state index contributed by atoms with van der Waals surface area (Å²) in [5.74, 6) is 4.03. The van der Waals surface area contributed by atoms with Crippen LogP contribution in [0.15, 0.2) is 65.1 Å². The third kappa shape index (κ3) is 5.49. The van der Waals surface area contributed by atoms with Gasteiger partial charge >= 0.3 is 0 Å².